The molecular weight excluding hydrogens is 416 g/mol. The second kappa shape index (κ2) is 8.05. The number of aryl methyl sites for hydroxylation is 1. The Kier molecular flexibility index (Phi) is 4.75. The Morgan fingerprint density at radius 1 is 0.848 bits per heavy atom. The van der Waals surface area contributed by atoms with Gasteiger partial charge in [-0.2, -0.15) is 10.2 Å². The molecule has 0 unspecified atom stereocenters. The van der Waals surface area contributed by atoms with Gasteiger partial charge in [0.15, 0.2) is 0 Å². The van der Waals surface area contributed by atoms with E-state index in [1.165, 1.54) is 5.56 Å². The molecule has 0 amide bonds. The average molecular weight is 441 g/mol. The predicted octanol–water partition coefficient (Wildman–Crippen LogP) is 2.10. The van der Waals surface area contributed by atoms with Crippen LogP contribution in [0, 0.1) is 0 Å². The largest absolute Gasteiger partial charge is 0.365 e. The predicted molar refractivity (Wildman–Crippen MR) is 125 cm³/mol. The first-order valence-electron chi connectivity index (χ1n) is 11.0. The Hall–Kier alpha value is -4.21. The van der Waals surface area contributed by atoms with Gasteiger partial charge < -0.3 is 9.80 Å². The molecule has 5 heterocycles. The third-order valence-electron chi connectivity index (χ3n) is 6.00. The van der Waals surface area contributed by atoms with Crippen molar-refractivity contribution in [1.82, 2.24) is 39.1 Å². The lowest BCUT2D eigenvalue weighted by Crippen LogP contribution is -2.47. The summed E-state index contributed by atoms with van der Waals surface area (Å²) in [4.78, 5) is 13.8. The fourth-order valence-corrected chi connectivity index (χ4v) is 4.24. The molecule has 4 aromatic heterocycles. The molecule has 1 aromatic carbocycles. The normalized spacial score (nSPS) is 14.3. The van der Waals surface area contributed by atoms with Gasteiger partial charge in [-0.25, -0.2) is 14.2 Å². The lowest BCUT2D eigenvalue weighted by molar-refractivity contribution is 0.628. The SMILES string of the molecule is Cn1cc(-c2cn3ncc(N4CCN(c5ncn(Cc6ccccc6)n5)CC4)c3cn2)cn1. The van der Waals surface area contributed by atoms with Crippen molar-refractivity contribution in [2.24, 2.45) is 7.05 Å². The number of anilines is 2. The lowest BCUT2D eigenvalue weighted by Gasteiger charge is -2.34. The van der Waals surface area contributed by atoms with Gasteiger partial charge >= 0.3 is 0 Å². The van der Waals surface area contributed by atoms with Gasteiger partial charge in [0.25, 0.3) is 0 Å². The highest BCUT2D eigenvalue weighted by Gasteiger charge is 2.22. The summed E-state index contributed by atoms with van der Waals surface area (Å²) in [5, 5.41) is 13.5. The summed E-state index contributed by atoms with van der Waals surface area (Å²) >= 11 is 0. The summed E-state index contributed by atoms with van der Waals surface area (Å²) in [6.07, 6.45) is 11.3. The van der Waals surface area contributed by atoms with E-state index in [-0.39, 0.29) is 0 Å². The fourth-order valence-electron chi connectivity index (χ4n) is 4.24. The number of hydrogen-bond donors (Lipinski definition) is 0. The highest BCUT2D eigenvalue weighted by molar-refractivity contribution is 5.73. The Balaban J connectivity index is 1.14. The maximum Gasteiger partial charge on any atom is 0.244 e. The molecule has 0 atom stereocenters. The summed E-state index contributed by atoms with van der Waals surface area (Å²) in [6, 6.07) is 10.3. The maximum absolute atomic E-state index is 4.69. The minimum absolute atomic E-state index is 0.726. The summed E-state index contributed by atoms with van der Waals surface area (Å²) in [7, 11) is 1.90. The number of piperazine rings is 1. The van der Waals surface area contributed by atoms with Crippen LogP contribution in [0.25, 0.3) is 16.8 Å². The maximum atomic E-state index is 4.69. The average Bonchev–Trinajstić information content (AvgIpc) is 3.59. The van der Waals surface area contributed by atoms with Crippen molar-refractivity contribution >= 4 is 17.2 Å². The zero-order chi connectivity index (χ0) is 22.2. The minimum atomic E-state index is 0.726. The number of aromatic nitrogens is 8. The van der Waals surface area contributed by atoms with Crippen LogP contribution >= 0.6 is 0 Å². The molecule has 0 spiro atoms. The molecule has 10 heteroatoms. The third-order valence-corrected chi connectivity index (χ3v) is 6.00. The van der Waals surface area contributed by atoms with Crippen LogP contribution in [0.4, 0.5) is 11.6 Å². The van der Waals surface area contributed by atoms with E-state index in [0.29, 0.717) is 0 Å². The van der Waals surface area contributed by atoms with Crippen LogP contribution in [-0.2, 0) is 13.6 Å². The first-order valence-corrected chi connectivity index (χ1v) is 11.0. The molecule has 1 fully saturated rings. The summed E-state index contributed by atoms with van der Waals surface area (Å²) < 4.78 is 5.56. The number of hydrogen-bond acceptors (Lipinski definition) is 7. The molecule has 0 bridgehead atoms. The van der Waals surface area contributed by atoms with E-state index < -0.39 is 0 Å². The van der Waals surface area contributed by atoms with Gasteiger partial charge in [0.2, 0.25) is 5.95 Å². The molecule has 0 saturated carbocycles. The smallest absolute Gasteiger partial charge is 0.244 e. The van der Waals surface area contributed by atoms with Gasteiger partial charge in [-0.05, 0) is 5.56 Å². The Morgan fingerprint density at radius 3 is 2.45 bits per heavy atom. The molecule has 0 radical (unpaired) electrons. The van der Waals surface area contributed by atoms with Crippen molar-refractivity contribution < 1.29 is 0 Å². The first kappa shape index (κ1) is 19.5. The molecule has 1 aliphatic heterocycles. The zero-order valence-electron chi connectivity index (χ0n) is 18.4. The number of nitrogens with zero attached hydrogens (tertiary/aromatic N) is 10. The van der Waals surface area contributed by atoms with E-state index in [1.807, 2.05) is 71.8 Å². The standard InChI is InChI=1S/C23H24N10/c1-29-15-19(11-26-29)20-16-33-22(12-24-20)21(13-27-33)30-7-9-31(10-8-30)23-25-17-32(28-23)14-18-5-3-2-4-6-18/h2-6,11-13,15-17H,7-10,14H2,1H3. The molecule has 1 aliphatic rings. The Bertz CT molecular complexity index is 1370. The van der Waals surface area contributed by atoms with E-state index in [2.05, 4.69) is 47.2 Å². The van der Waals surface area contributed by atoms with Crippen LogP contribution < -0.4 is 9.80 Å². The molecule has 0 aliphatic carbocycles. The van der Waals surface area contributed by atoms with Crippen LogP contribution in [0.2, 0.25) is 0 Å². The van der Waals surface area contributed by atoms with E-state index in [1.54, 1.807) is 4.68 Å². The summed E-state index contributed by atoms with van der Waals surface area (Å²) in [5.74, 6) is 0.785. The van der Waals surface area contributed by atoms with E-state index in [4.69, 9.17) is 0 Å². The monoisotopic (exact) mass is 440 g/mol. The highest BCUT2D eigenvalue weighted by atomic mass is 15.4. The highest BCUT2D eigenvalue weighted by Crippen LogP contribution is 2.25. The third kappa shape index (κ3) is 3.79. The molecule has 1 saturated heterocycles. The molecule has 33 heavy (non-hydrogen) atoms. The van der Waals surface area contributed by atoms with Crippen molar-refractivity contribution in [3.05, 3.63) is 73.2 Å². The van der Waals surface area contributed by atoms with Gasteiger partial charge in [0, 0.05) is 45.0 Å². The van der Waals surface area contributed by atoms with Crippen LogP contribution in [0.15, 0.2) is 67.6 Å². The van der Waals surface area contributed by atoms with Crippen LogP contribution in [0.5, 0.6) is 0 Å². The Labute approximate surface area is 190 Å². The quantitative estimate of drug-likeness (QED) is 0.414. The number of rotatable bonds is 5. The van der Waals surface area contributed by atoms with Crippen LogP contribution in [0.3, 0.4) is 0 Å². The lowest BCUT2D eigenvalue weighted by atomic mass is 10.2. The van der Waals surface area contributed by atoms with Gasteiger partial charge in [0.05, 0.1) is 42.7 Å². The number of fused-ring (bicyclic) bond motifs is 1. The van der Waals surface area contributed by atoms with Crippen molar-refractivity contribution in [3.8, 4) is 11.3 Å². The van der Waals surface area contributed by atoms with Crippen molar-refractivity contribution in [2.75, 3.05) is 36.0 Å². The van der Waals surface area contributed by atoms with E-state index in [0.717, 1.165) is 61.1 Å². The molecule has 6 rings (SSSR count). The fraction of sp³-hybridized carbons (Fsp3) is 0.261. The van der Waals surface area contributed by atoms with Crippen molar-refractivity contribution in [3.63, 3.8) is 0 Å². The molecule has 166 valence electrons. The van der Waals surface area contributed by atoms with E-state index >= 15 is 0 Å². The first-order chi connectivity index (χ1) is 16.2. The molecule has 0 N–H and O–H groups in total. The summed E-state index contributed by atoms with van der Waals surface area (Å²) in [6.45, 7) is 4.18. The van der Waals surface area contributed by atoms with Gasteiger partial charge in [0.1, 0.15) is 11.8 Å². The topological polar surface area (TPSA) is 85.2 Å². The van der Waals surface area contributed by atoms with Crippen molar-refractivity contribution in [2.45, 2.75) is 6.54 Å². The van der Waals surface area contributed by atoms with Gasteiger partial charge in [-0.3, -0.25) is 9.67 Å². The minimum Gasteiger partial charge on any atom is -0.365 e. The second-order valence-corrected chi connectivity index (χ2v) is 8.24. The van der Waals surface area contributed by atoms with Gasteiger partial charge in [-0.1, -0.05) is 30.3 Å². The zero-order valence-corrected chi connectivity index (χ0v) is 18.4. The molecule has 5 aromatic rings. The summed E-state index contributed by atoms with van der Waals surface area (Å²) in [5.41, 5.74) is 5.15. The van der Waals surface area contributed by atoms with E-state index in [9.17, 15) is 0 Å². The Morgan fingerprint density at radius 2 is 1.67 bits per heavy atom. The molecular formula is C23H24N10. The van der Waals surface area contributed by atoms with Gasteiger partial charge in [-0.15, -0.1) is 5.10 Å². The number of benzene rings is 1. The van der Waals surface area contributed by atoms with Crippen LogP contribution in [0.1, 0.15) is 5.56 Å². The second-order valence-electron chi connectivity index (χ2n) is 8.24. The van der Waals surface area contributed by atoms with Crippen LogP contribution in [-0.4, -0.2) is 65.3 Å². The van der Waals surface area contributed by atoms with Crippen molar-refractivity contribution in [1.29, 1.82) is 0 Å². The molecule has 10 nitrogen and oxygen atoms in total.